The van der Waals surface area contributed by atoms with Crippen LogP contribution < -0.4 is 5.32 Å². The van der Waals surface area contributed by atoms with E-state index in [-0.39, 0.29) is 0 Å². The van der Waals surface area contributed by atoms with E-state index in [1.807, 2.05) is 13.8 Å². The minimum Gasteiger partial charge on any atom is -0.382 e. The lowest BCUT2D eigenvalue weighted by molar-refractivity contribution is 0.147. The van der Waals surface area contributed by atoms with E-state index < -0.39 is 0 Å². The van der Waals surface area contributed by atoms with Gasteiger partial charge in [0.2, 0.25) is 0 Å². The number of rotatable bonds is 6. The Morgan fingerprint density at radius 3 is 3.06 bits per heavy atom. The molecule has 0 amide bonds. The van der Waals surface area contributed by atoms with Crippen LogP contribution in [0.25, 0.3) is 11.0 Å². The molecular weight excluding hydrogens is 218 g/mol. The van der Waals surface area contributed by atoms with E-state index in [1.54, 1.807) is 6.33 Å². The number of hydrogen-bond donors (Lipinski definition) is 2. The van der Waals surface area contributed by atoms with Gasteiger partial charge >= 0.3 is 0 Å². The van der Waals surface area contributed by atoms with Crippen molar-refractivity contribution < 1.29 is 4.74 Å². The second-order valence-corrected chi connectivity index (χ2v) is 3.75. The number of nitrogens with one attached hydrogen (secondary N) is 2. The molecule has 0 saturated heterocycles. The molecule has 0 fully saturated rings. The molecule has 6 heteroatoms. The van der Waals surface area contributed by atoms with Crippen LogP contribution in [0.2, 0.25) is 0 Å². The van der Waals surface area contributed by atoms with Gasteiger partial charge in [0.05, 0.1) is 5.69 Å². The molecule has 92 valence electrons. The quantitative estimate of drug-likeness (QED) is 0.742. The standard InChI is InChI=1S/C11H17N5O/c1-3-17-6-4-5-12-11-10-9(13-7-14-11)8(2)15-16-10/h7H,3-6H2,1-2H3,(H,15,16)(H,12,13,14). The van der Waals surface area contributed by atoms with Crippen molar-refractivity contribution in [2.75, 3.05) is 25.1 Å². The Balaban J connectivity index is 1.99. The Labute approximate surface area is 99.8 Å². The second kappa shape index (κ2) is 5.58. The van der Waals surface area contributed by atoms with E-state index in [0.29, 0.717) is 0 Å². The van der Waals surface area contributed by atoms with Gasteiger partial charge in [0.25, 0.3) is 0 Å². The number of aromatic nitrogens is 4. The summed E-state index contributed by atoms with van der Waals surface area (Å²) in [6.07, 6.45) is 2.50. The topological polar surface area (TPSA) is 75.7 Å². The number of aromatic amines is 1. The molecule has 0 aliphatic rings. The third kappa shape index (κ3) is 2.71. The Hall–Kier alpha value is -1.69. The minimum absolute atomic E-state index is 0.760. The summed E-state index contributed by atoms with van der Waals surface area (Å²) in [6.45, 7) is 6.28. The van der Waals surface area contributed by atoms with Gasteiger partial charge in [0.1, 0.15) is 11.8 Å². The van der Waals surface area contributed by atoms with Crippen LogP contribution >= 0.6 is 0 Å². The zero-order valence-corrected chi connectivity index (χ0v) is 10.2. The number of hydrogen-bond acceptors (Lipinski definition) is 5. The fraction of sp³-hybridized carbons (Fsp3) is 0.545. The molecule has 0 aliphatic carbocycles. The predicted octanol–water partition coefficient (Wildman–Crippen LogP) is 1.50. The van der Waals surface area contributed by atoms with Crippen molar-refractivity contribution >= 4 is 16.9 Å². The summed E-state index contributed by atoms with van der Waals surface area (Å²) in [5.74, 6) is 0.774. The lowest BCUT2D eigenvalue weighted by Gasteiger charge is -2.05. The van der Waals surface area contributed by atoms with E-state index in [1.165, 1.54) is 0 Å². The Kier molecular flexibility index (Phi) is 3.87. The number of anilines is 1. The van der Waals surface area contributed by atoms with Gasteiger partial charge in [-0.25, -0.2) is 9.97 Å². The highest BCUT2D eigenvalue weighted by Gasteiger charge is 2.08. The molecule has 2 N–H and O–H groups in total. The van der Waals surface area contributed by atoms with Crippen molar-refractivity contribution in [2.45, 2.75) is 20.3 Å². The smallest absolute Gasteiger partial charge is 0.157 e. The van der Waals surface area contributed by atoms with Crippen LogP contribution in [0.1, 0.15) is 19.0 Å². The van der Waals surface area contributed by atoms with E-state index >= 15 is 0 Å². The molecule has 2 aromatic heterocycles. The first kappa shape index (κ1) is 11.8. The van der Waals surface area contributed by atoms with Crippen LogP contribution in [0, 0.1) is 6.92 Å². The number of aryl methyl sites for hydroxylation is 1. The normalized spacial score (nSPS) is 10.9. The summed E-state index contributed by atoms with van der Waals surface area (Å²) in [6, 6.07) is 0. The van der Waals surface area contributed by atoms with Crippen LogP contribution in [0.5, 0.6) is 0 Å². The molecule has 2 rings (SSSR count). The summed E-state index contributed by atoms with van der Waals surface area (Å²) in [5, 5.41) is 10.3. The van der Waals surface area contributed by atoms with Crippen LogP contribution in [-0.2, 0) is 4.74 Å². The van der Waals surface area contributed by atoms with Crippen LogP contribution in [-0.4, -0.2) is 39.9 Å². The highest BCUT2D eigenvalue weighted by Crippen LogP contribution is 2.18. The Bertz CT molecular complexity index is 482. The van der Waals surface area contributed by atoms with Crippen LogP contribution in [0.3, 0.4) is 0 Å². The average Bonchev–Trinajstić information content (AvgIpc) is 2.72. The molecule has 6 nitrogen and oxygen atoms in total. The molecule has 0 saturated carbocycles. The fourth-order valence-electron chi connectivity index (χ4n) is 1.61. The number of nitrogens with zero attached hydrogens (tertiary/aromatic N) is 3. The van der Waals surface area contributed by atoms with Crippen molar-refractivity contribution in [3.63, 3.8) is 0 Å². The molecule has 2 heterocycles. The molecule has 0 atom stereocenters. The Morgan fingerprint density at radius 2 is 2.24 bits per heavy atom. The van der Waals surface area contributed by atoms with Crippen molar-refractivity contribution in [2.24, 2.45) is 0 Å². The second-order valence-electron chi connectivity index (χ2n) is 3.75. The van der Waals surface area contributed by atoms with E-state index in [2.05, 4.69) is 25.5 Å². The van der Waals surface area contributed by atoms with E-state index in [9.17, 15) is 0 Å². The van der Waals surface area contributed by atoms with Gasteiger partial charge < -0.3 is 10.1 Å². The number of fused-ring (bicyclic) bond motifs is 1. The third-order valence-electron chi connectivity index (χ3n) is 2.47. The van der Waals surface area contributed by atoms with Gasteiger partial charge in [-0.1, -0.05) is 0 Å². The molecular formula is C11H17N5O. The molecule has 0 unspecified atom stereocenters. The maximum atomic E-state index is 5.27. The van der Waals surface area contributed by atoms with Gasteiger partial charge in [-0.2, -0.15) is 5.10 Å². The molecule has 0 aliphatic heterocycles. The monoisotopic (exact) mass is 235 g/mol. The third-order valence-corrected chi connectivity index (χ3v) is 2.47. The molecule has 0 bridgehead atoms. The maximum absolute atomic E-state index is 5.27. The van der Waals surface area contributed by atoms with Crippen molar-refractivity contribution in [1.29, 1.82) is 0 Å². The van der Waals surface area contributed by atoms with Gasteiger partial charge in [-0.15, -0.1) is 0 Å². The molecule has 2 aromatic rings. The predicted molar refractivity (Wildman–Crippen MR) is 66.0 cm³/mol. The summed E-state index contributed by atoms with van der Waals surface area (Å²) < 4.78 is 5.27. The largest absolute Gasteiger partial charge is 0.382 e. The highest BCUT2D eigenvalue weighted by molar-refractivity contribution is 5.86. The summed E-state index contributed by atoms with van der Waals surface area (Å²) >= 11 is 0. The van der Waals surface area contributed by atoms with Crippen molar-refractivity contribution in [3.8, 4) is 0 Å². The minimum atomic E-state index is 0.760. The zero-order valence-electron chi connectivity index (χ0n) is 10.2. The summed E-state index contributed by atoms with van der Waals surface area (Å²) in [4.78, 5) is 8.38. The maximum Gasteiger partial charge on any atom is 0.157 e. The lowest BCUT2D eigenvalue weighted by atomic mass is 10.3. The first-order chi connectivity index (χ1) is 8.33. The van der Waals surface area contributed by atoms with Gasteiger partial charge in [-0.05, 0) is 20.3 Å². The summed E-state index contributed by atoms with van der Waals surface area (Å²) in [7, 11) is 0. The zero-order chi connectivity index (χ0) is 12.1. The number of ether oxygens (including phenoxy) is 1. The Morgan fingerprint density at radius 1 is 1.35 bits per heavy atom. The first-order valence-corrected chi connectivity index (χ1v) is 5.80. The fourth-order valence-corrected chi connectivity index (χ4v) is 1.61. The highest BCUT2D eigenvalue weighted by atomic mass is 16.5. The van der Waals surface area contributed by atoms with E-state index in [0.717, 1.165) is 48.7 Å². The first-order valence-electron chi connectivity index (χ1n) is 5.80. The van der Waals surface area contributed by atoms with Gasteiger partial charge in [0, 0.05) is 19.8 Å². The molecule has 17 heavy (non-hydrogen) atoms. The SMILES string of the molecule is CCOCCCNc1ncnc2c(C)[nH]nc12. The van der Waals surface area contributed by atoms with E-state index in [4.69, 9.17) is 4.74 Å². The van der Waals surface area contributed by atoms with Gasteiger partial charge in [-0.3, -0.25) is 5.10 Å². The number of H-pyrrole nitrogens is 1. The van der Waals surface area contributed by atoms with Crippen LogP contribution in [0.4, 0.5) is 5.82 Å². The molecule has 0 spiro atoms. The van der Waals surface area contributed by atoms with Gasteiger partial charge in [0.15, 0.2) is 11.3 Å². The van der Waals surface area contributed by atoms with Crippen LogP contribution in [0.15, 0.2) is 6.33 Å². The van der Waals surface area contributed by atoms with Crippen molar-refractivity contribution in [1.82, 2.24) is 20.2 Å². The molecule has 0 radical (unpaired) electrons. The average molecular weight is 235 g/mol. The summed E-state index contributed by atoms with van der Waals surface area (Å²) in [5.41, 5.74) is 2.62. The molecule has 0 aromatic carbocycles. The lowest BCUT2D eigenvalue weighted by Crippen LogP contribution is -2.07. The van der Waals surface area contributed by atoms with Crippen molar-refractivity contribution in [3.05, 3.63) is 12.0 Å².